The molecule has 2 atom stereocenters. The number of carbonyl (C=O) groups is 2. The molecule has 1 fully saturated rings. The molecule has 0 aromatic carbocycles. The Morgan fingerprint density at radius 1 is 1.24 bits per heavy atom. The number of urea groups is 1. The maximum Gasteiger partial charge on any atom is 0.320 e. The van der Waals surface area contributed by atoms with Crippen molar-refractivity contribution in [3.63, 3.8) is 0 Å². The lowest BCUT2D eigenvalue weighted by molar-refractivity contribution is -0.138. The lowest BCUT2D eigenvalue weighted by Crippen LogP contribution is -2.48. The Morgan fingerprint density at radius 3 is 2.33 bits per heavy atom. The van der Waals surface area contributed by atoms with E-state index in [1.807, 2.05) is 11.8 Å². The summed E-state index contributed by atoms with van der Waals surface area (Å²) in [6.07, 6.45) is 0.991. The Kier molecular flexibility index (Phi) is 6.95. The highest BCUT2D eigenvalue weighted by atomic mass is 16.4. The molecule has 0 radical (unpaired) electrons. The number of carbonyl (C=O) groups excluding carboxylic acids is 1. The van der Waals surface area contributed by atoms with E-state index in [-0.39, 0.29) is 18.5 Å². The summed E-state index contributed by atoms with van der Waals surface area (Å²) in [5.74, 6) is -0.865. The fourth-order valence-electron chi connectivity index (χ4n) is 3.13. The first-order chi connectivity index (χ1) is 9.94. The second-order valence-electron chi connectivity index (χ2n) is 5.63. The van der Waals surface area contributed by atoms with Crippen LogP contribution < -0.4 is 0 Å². The molecule has 1 rings (SSSR count). The van der Waals surface area contributed by atoms with Crippen LogP contribution in [0.5, 0.6) is 0 Å². The molecule has 6 heteroatoms. The van der Waals surface area contributed by atoms with E-state index < -0.39 is 5.97 Å². The third kappa shape index (κ3) is 4.59. The maximum atomic E-state index is 12.6. The molecular formula is C15H29N3O3. The summed E-state index contributed by atoms with van der Waals surface area (Å²) in [4.78, 5) is 29.3. The second-order valence-corrected chi connectivity index (χ2v) is 5.63. The van der Waals surface area contributed by atoms with Gasteiger partial charge in [-0.25, -0.2) is 4.79 Å². The molecule has 6 nitrogen and oxygen atoms in total. The van der Waals surface area contributed by atoms with Gasteiger partial charge in [-0.05, 0) is 33.4 Å². The molecular weight excluding hydrogens is 270 g/mol. The number of likely N-dealkylation sites (tertiary alicyclic amines) is 1. The number of likely N-dealkylation sites (N-methyl/N-ethyl adjacent to an activating group) is 1. The number of nitrogens with zero attached hydrogens (tertiary/aromatic N) is 3. The van der Waals surface area contributed by atoms with Gasteiger partial charge in [-0.3, -0.25) is 9.69 Å². The highest BCUT2D eigenvalue weighted by Gasteiger charge is 2.32. The van der Waals surface area contributed by atoms with E-state index in [1.165, 1.54) is 0 Å². The molecule has 0 aromatic heterocycles. The minimum atomic E-state index is -0.865. The van der Waals surface area contributed by atoms with Gasteiger partial charge in [0.2, 0.25) is 0 Å². The largest absolute Gasteiger partial charge is 0.481 e. The molecule has 2 unspecified atom stereocenters. The van der Waals surface area contributed by atoms with Crippen LogP contribution in [-0.2, 0) is 4.79 Å². The fraction of sp³-hybridized carbons (Fsp3) is 0.867. The van der Waals surface area contributed by atoms with Crippen molar-refractivity contribution in [2.45, 2.75) is 52.6 Å². The monoisotopic (exact) mass is 299 g/mol. The molecule has 21 heavy (non-hydrogen) atoms. The van der Waals surface area contributed by atoms with Gasteiger partial charge in [-0.15, -0.1) is 0 Å². The number of amides is 2. The van der Waals surface area contributed by atoms with Crippen LogP contribution in [-0.4, -0.2) is 76.6 Å². The zero-order valence-electron chi connectivity index (χ0n) is 13.7. The van der Waals surface area contributed by atoms with Gasteiger partial charge in [0.05, 0.1) is 6.42 Å². The summed E-state index contributed by atoms with van der Waals surface area (Å²) in [5, 5.41) is 8.90. The van der Waals surface area contributed by atoms with Crippen molar-refractivity contribution in [3.05, 3.63) is 0 Å². The summed E-state index contributed by atoms with van der Waals surface area (Å²) in [6.45, 7) is 12.0. The van der Waals surface area contributed by atoms with E-state index in [0.29, 0.717) is 12.6 Å². The van der Waals surface area contributed by atoms with E-state index in [0.717, 1.165) is 32.6 Å². The quantitative estimate of drug-likeness (QED) is 0.777. The maximum absolute atomic E-state index is 12.6. The Hall–Kier alpha value is -1.30. The lowest BCUT2D eigenvalue weighted by Gasteiger charge is -2.32. The van der Waals surface area contributed by atoms with Gasteiger partial charge in [0.1, 0.15) is 0 Å². The first-order valence-corrected chi connectivity index (χ1v) is 7.95. The summed E-state index contributed by atoms with van der Waals surface area (Å²) in [7, 11) is 0. The number of carboxylic acids is 1. The first kappa shape index (κ1) is 17.8. The van der Waals surface area contributed by atoms with Crippen molar-refractivity contribution in [1.29, 1.82) is 0 Å². The van der Waals surface area contributed by atoms with Crippen LogP contribution in [0.4, 0.5) is 4.79 Å². The Bertz CT molecular complexity index is 358. The molecule has 1 heterocycles. The smallest absolute Gasteiger partial charge is 0.320 e. The van der Waals surface area contributed by atoms with Gasteiger partial charge in [-0.2, -0.15) is 0 Å². The van der Waals surface area contributed by atoms with Crippen molar-refractivity contribution in [2.75, 3.05) is 32.7 Å². The number of rotatable bonds is 7. The van der Waals surface area contributed by atoms with Crippen molar-refractivity contribution in [3.8, 4) is 0 Å². The number of carboxylic acid groups (broad SMARTS) is 1. The normalized spacial score (nSPS) is 19.9. The highest BCUT2D eigenvalue weighted by molar-refractivity contribution is 5.76. The van der Waals surface area contributed by atoms with Gasteiger partial charge in [0, 0.05) is 31.7 Å². The predicted octanol–water partition coefficient (Wildman–Crippen LogP) is 1.71. The second kappa shape index (κ2) is 8.22. The average Bonchev–Trinajstić information content (AvgIpc) is 2.89. The molecule has 1 N–H and O–H groups in total. The van der Waals surface area contributed by atoms with E-state index in [1.54, 1.807) is 11.8 Å². The number of hydrogen-bond donors (Lipinski definition) is 1. The molecule has 0 aliphatic carbocycles. The van der Waals surface area contributed by atoms with Gasteiger partial charge < -0.3 is 14.9 Å². The predicted molar refractivity (Wildman–Crippen MR) is 82.4 cm³/mol. The first-order valence-electron chi connectivity index (χ1n) is 7.95. The lowest BCUT2D eigenvalue weighted by atomic mass is 10.2. The van der Waals surface area contributed by atoms with Gasteiger partial charge >= 0.3 is 12.0 Å². The van der Waals surface area contributed by atoms with Crippen LogP contribution in [0.25, 0.3) is 0 Å². The molecule has 1 aliphatic rings. The SMILES string of the molecule is CCN(CC)C1CCN(C(=O)N(CC)C(C)CC(=O)O)C1. The number of hydrogen-bond acceptors (Lipinski definition) is 3. The third-order valence-electron chi connectivity index (χ3n) is 4.35. The van der Waals surface area contributed by atoms with Crippen LogP contribution >= 0.6 is 0 Å². The zero-order chi connectivity index (χ0) is 16.0. The third-order valence-corrected chi connectivity index (χ3v) is 4.35. The topological polar surface area (TPSA) is 64.1 Å². The Balaban J connectivity index is 2.63. The van der Waals surface area contributed by atoms with Gasteiger partial charge in [0.25, 0.3) is 0 Å². The zero-order valence-corrected chi connectivity index (χ0v) is 13.7. The van der Waals surface area contributed by atoms with Crippen molar-refractivity contribution in [2.24, 2.45) is 0 Å². The fourth-order valence-corrected chi connectivity index (χ4v) is 3.13. The summed E-state index contributed by atoms with van der Waals surface area (Å²) < 4.78 is 0. The minimum absolute atomic E-state index is 0.00705. The summed E-state index contributed by atoms with van der Waals surface area (Å²) in [6, 6.07) is 0.130. The number of aliphatic carboxylic acids is 1. The van der Waals surface area contributed by atoms with Crippen molar-refractivity contribution in [1.82, 2.24) is 14.7 Å². The summed E-state index contributed by atoms with van der Waals surface area (Å²) >= 11 is 0. The van der Waals surface area contributed by atoms with Crippen LogP contribution in [0.1, 0.15) is 40.5 Å². The molecule has 122 valence electrons. The van der Waals surface area contributed by atoms with E-state index in [4.69, 9.17) is 5.11 Å². The Morgan fingerprint density at radius 2 is 1.86 bits per heavy atom. The molecule has 0 spiro atoms. The van der Waals surface area contributed by atoms with Crippen molar-refractivity contribution >= 4 is 12.0 Å². The molecule has 1 saturated heterocycles. The van der Waals surface area contributed by atoms with Crippen LogP contribution in [0.2, 0.25) is 0 Å². The molecule has 0 bridgehead atoms. The molecule has 0 aromatic rings. The highest BCUT2D eigenvalue weighted by Crippen LogP contribution is 2.18. The van der Waals surface area contributed by atoms with Crippen LogP contribution in [0, 0.1) is 0 Å². The van der Waals surface area contributed by atoms with Crippen LogP contribution in [0.3, 0.4) is 0 Å². The van der Waals surface area contributed by atoms with E-state index >= 15 is 0 Å². The summed E-state index contributed by atoms with van der Waals surface area (Å²) in [5.41, 5.74) is 0. The van der Waals surface area contributed by atoms with Gasteiger partial charge in [-0.1, -0.05) is 13.8 Å². The Labute approximate surface area is 127 Å². The average molecular weight is 299 g/mol. The standard InChI is InChI=1S/C15H29N3O3/c1-5-16(6-2)13-8-9-17(11-13)15(21)18(7-3)12(4)10-14(19)20/h12-13H,5-11H2,1-4H3,(H,19,20). The van der Waals surface area contributed by atoms with Crippen LogP contribution in [0.15, 0.2) is 0 Å². The van der Waals surface area contributed by atoms with Gasteiger partial charge in [0.15, 0.2) is 0 Å². The molecule has 2 amide bonds. The molecule has 1 aliphatic heterocycles. The van der Waals surface area contributed by atoms with E-state index in [2.05, 4.69) is 18.7 Å². The van der Waals surface area contributed by atoms with E-state index in [9.17, 15) is 9.59 Å². The van der Waals surface area contributed by atoms with Crippen molar-refractivity contribution < 1.29 is 14.7 Å². The minimum Gasteiger partial charge on any atom is -0.481 e. The molecule has 0 saturated carbocycles.